The van der Waals surface area contributed by atoms with Gasteiger partial charge in [0.25, 0.3) is 11.8 Å². The topological polar surface area (TPSA) is 69.7 Å². The fourth-order valence-corrected chi connectivity index (χ4v) is 4.06. The molecule has 1 aliphatic heterocycles. The van der Waals surface area contributed by atoms with E-state index in [1.54, 1.807) is 43.3 Å². The summed E-state index contributed by atoms with van der Waals surface area (Å²) in [6, 6.07) is 7.80. The van der Waals surface area contributed by atoms with Crippen molar-refractivity contribution < 1.29 is 14.4 Å². The third kappa shape index (κ3) is 4.36. The van der Waals surface area contributed by atoms with Gasteiger partial charge in [-0.25, -0.2) is 0 Å². The number of carbonyl (C=O) groups is 3. The lowest BCUT2D eigenvalue weighted by molar-refractivity contribution is -0.121. The van der Waals surface area contributed by atoms with Crippen LogP contribution in [-0.4, -0.2) is 54.2 Å². The largest absolute Gasteiger partial charge is 0.345 e. The van der Waals surface area contributed by atoms with Crippen LogP contribution in [0.1, 0.15) is 39.3 Å². The minimum atomic E-state index is -0.562. The summed E-state index contributed by atoms with van der Waals surface area (Å²) < 4.78 is 0. The van der Waals surface area contributed by atoms with E-state index in [1.807, 2.05) is 11.4 Å². The Morgan fingerprint density at radius 1 is 1.21 bits per heavy atom. The number of hydrogen-bond donors (Lipinski definition) is 1. The third-order valence-corrected chi connectivity index (χ3v) is 5.86. The highest BCUT2D eigenvalue weighted by molar-refractivity contribution is 7.12. The van der Waals surface area contributed by atoms with E-state index in [0.29, 0.717) is 34.1 Å². The summed E-state index contributed by atoms with van der Waals surface area (Å²) in [5.41, 5.74) is 0.799. The summed E-state index contributed by atoms with van der Waals surface area (Å²) in [6.07, 6.45) is 2.34. The number of likely N-dealkylation sites (tertiary alicyclic amines) is 1. The Morgan fingerprint density at radius 3 is 2.68 bits per heavy atom. The Morgan fingerprint density at radius 2 is 2.00 bits per heavy atom. The summed E-state index contributed by atoms with van der Waals surface area (Å²) in [7, 11) is 3.32. The number of piperidine rings is 1. The first-order valence-corrected chi connectivity index (χ1v) is 10.3. The summed E-state index contributed by atoms with van der Waals surface area (Å²) in [6.45, 7) is 0.543. The quantitative estimate of drug-likeness (QED) is 0.820. The molecule has 6 nitrogen and oxygen atoms in total. The molecule has 1 atom stereocenters. The minimum absolute atomic E-state index is 0.127. The lowest BCUT2D eigenvalue weighted by Gasteiger charge is -2.34. The van der Waals surface area contributed by atoms with E-state index in [1.165, 1.54) is 16.2 Å². The van der Waals surface area contributed by atoms with Crippen LogP contribution >= 0.6 is 22.9 Å². The summed E-state index contributed by atoms with van der Waals surface area (Å²) in [5, 5.41) is 5.00. The number of thiophene rings is 1. The Bertz CT molecular complexity index is 883. The maximum absolute atomic E-state index is 13.0. The van der Waals surface area contributed by atoms with Gasteiger partial charge in [0.1, 0.15) is 6.04 Å². The molecule has 1 aromatic carbocycles. The van der Waals surface area contributed by atoms with Crippen molar-refractivity contribution in [3.05, 3.63) is 51.2 Å². The standard InChI is InChI=1S/C20H22ClN3O3S/c1-23(2)19(26)13-8-9-14(21)15(12-13)22-18(25)16-6-3-4-10-24(16)20(27)17-7-5-11-28-17/h5,7-9,11-12,16H,3-4,6,10H2,1-2H3,(H,22,25). The molecule has 1 N–H and O–H groups in total. The van der Waals surface area contributed by atoms with Crippen molar-refractivity contribution in [1.29, 1.82) is 0 Å². The van der Waals surface area contributed by atoms with Gasteiger partial charge in [0.15, 0.2) is 0 Å². The molecule has 1 aliphatic rings. The number of hydrogen-bond acceptors (Lipinski definition) is 4. The molecular formula is C20H22ClN3O3S. The van der Waals surface area contributed by atoms with Crippen LogP contribution < -0.4 is 5.32 Å². The fraction of sp³-hybridized carbons (Fsp3) is 0.350. The van der Waals surface area contributed by atoms with Gasteiger partial charge in [0.2, 0.25) is 5.91 Å². The number of carbonyl (C=O) groups excluding carboxylic acids is 3. The van der Waals surface area contributed by atoms with Crippen molar-refractivity contribution in [2.24, 2.45) is 0 Å². The third-order valence-electron chi connectivity index (χ3n) is 4.68. The maximum atomic E-state index is 13.0. The first-order valence-electron chi connectivity index (χ1n) is 9.05. The van der Waals surface area contributed by atoms with Crippen LogP contribution in [0.3, 0.4) is 0 Å². The zero-order chi connectivity index (χ0) is 20.3. The fourth-order valence-electron chi connectivity index (χ4n) is 3.22. The Labute approximate surface area is 173 Å². The van der Waals surface area contributed by atoms with Gasteiger partial charge in [0.05, 0.1) is 15.6 Å². The van der Waals surface area contributed by atoms with Gasteiger partial charge in [0, 0.05) is 26.2 Å². The molecule has 148 valence electrons. The van der Waals surface area contributed by atoms with Crippen LogP contribution in [0.15, 0.2) is 35.7 Å². The Hall–Kier alpha value is -2.38. The van der Waals surface area contributed by atoms with Crippen LogP contribution in [0.25, 0.3) is 0 Å². The number of rotatable bonds is 4. The number of benzene rings is 1. The average molecular weight is 420 g/mol. The molecule has 0 spiro atoms. The molecule has 1 saturated heterocycles. The Kier molecular flexibility index (Phi) is 6.36. The van der Waals surface area contributed by atoms with Gasteiger partial charge < -0.3 is 15.1 Å². The SMILES string of the molecule is CN(C)C(=O)c1ccc(Cl)c(NC(=O)C2CCCCN2C(=O)c2cccs2)c1. The van der Waals surface area contributed by atoms with E-state index in [-0.39, 0.29) is 17.7 Å². The summed E-state index contributed by atoms with van der Waals surface area (Å²) in [5.74, 6) is -0.599. The van der Waals surface area contributed by atoms with Crippen LogP contribution in [0.5, 0.6) is 0 Å². The van der Waals surface area contributed by atoms with Crippen molar-refractivity contribution in [1.82, 2.24) is 9.80 Å². The molecular weight excluding hydrogens is 398 g/mol. The van der Waals surface area contributed by atoms with Gasteiger partial charge in [-0.1, -0.05) is 17.7 Å². The monoisotopic (exact) mass is 419 g/mol. The van der Waals surface area contributed by atoms with Crippen LogP contribution in [-0.2, 0) is 4.79 Å². The van der Waals surface area contributed by atoms with E-state index in [4.69, 9.17) is 11.6 Å². The van der Waals surface area contributed by atoms with Crippen molar-refractivity contribution in [2.75, 3.05) is 26.0 Å². The van der Waals surface area contributed by atoms with E-state index < -0.39 is 6.04 Å². The lowest BCUT2D eigenvalue weighted by atomic mass is 10.0. The van der Waals surface area contributed by atoms with E-state index in [2.05, 4.69) is 5.32 Å². The lowest BCUT2D eigenvalue weighted by Crippen LogP contribution is -2.49. The van der Waals surface area contributed by atoms with Crippen molar-refractivity contribution in [2.45, 2.75) is 25.3 Å². The molecule has 2 aromatic rings. The maximum Gasteiger partial charge on any atom is 0.264 e. The Balaban J connectivity index is 1.80. The van der Waals surface area contributed by atoms with Crippen molar-refractivity contribution in [3.63, 3.8) is 0 Å². The van der Waals surface area contributed by atoms with E-state index >= 15 is 0 Å². The molecule has 3 amide bonds. The first-order chi connectivity index (χ1) is 13.4. The van der Waals surface area contributed by atoms with Gasteiger partial charge in [-0.05, 0) is 48.9 Å². The molecule has 0 radical (unpaired) electrons. The second-order valence-electron chi connectivity index (χ2n) is 6.87. The molecule has 1 aromatic heterocycles. The summed E-state index contributed by atoms with van der Waals surface area (Å²) in [4.78, 5) is 41.7. The van der Waals surface area contributed by atoms with Crippen LogP contribution in [0.2, 0.25) is 5.02 Å². The molecule has 1 fully saturated rings. The highest BCUT2D eigenvalue weighted by Crippen LogP contribution is 2.27. The van der Waals surface area contributed by atoms with E-state index in [0.717, 1.165) is 12.8 Å². The number of halogens is 1. The molecule has 1 unspecified atom stereocenters. The van der Waals surface area contributed by atoms with Gasteiger partial charge in [-0.2, -0.15) is 0 Å². The van der Waals surface area contributed by atoms with Crippen LogP contribution in [0, 0.1) is 0 Å². The number of anilines is 1. The second-order valence-corrected chi connectivity index (χ2v) is 8.23. The second kappa shape index (κ2) is 8.75. The smallest absolute Gasteiger partial charge is 0.264 e. The summed E-state index contributed by atoms with van der Waals surface area (Å²) >= 11 is 7.59. The van der Waals surface area contributed by atoms with Gasteiger partial charge in [-0.3, -0.25) is 14.4 Å². The zero-order valence-corrected chi connectivity index (χ0v) is 17.3. The molecule has 0 saturated carbocycles. The molecule has 8 heteroatoms. The average Bonchev–Trinajstić information content (AvgIpc) is 3.23. The molecule has 28 heavy (non-hydrogen) atoms. The normalized spacial score (nSPS) is 16.5. The highest BCUT2D eigenvalue weighted by Gasteiger charge is 2.33. The number of nitrogens with zero attached hydrogens (tertiary/aromatic N) is 2. The molecule has 2 heterocycles. The van der Waals surface area contributed by atoms with Crippen LogP contribution in [0.4, 0.5) is 5.69 Å². The zero-order valence-electron chi connectivity index (χ0n) is 15.8. The first kappa shape index (κ1) is 20.4. The van der Waals surface area contributed by atoms with E-state index in [9.17, 15) is 14.4 Å². The minimum Gasteiger partial charge on any atom is -0.345 e. The van der Waals surface area contributed by atoms with Crippen molar-refractivity contribution >= 4 is 46.3 Å². The van der Waals surface area contributed by atoms with Gasteiger partial charge >= 0.3 is 0 Å². The highest BCUT2D eigenvalue weighted by atomic mass is 35.5. The van der Waals surface area contributed by atoms with Crippen molar-refractivity contribution in [3.8, 4) is 0 Å². The predicted octanol–water partition coefficient (Wildman–Crippen LogP) is 3.74. The van der Waals surface area contributed by atoms with Gasteiger partial charge in [-0.15, -0.1) is 11.3 Å². The number of amides is 3. The molecule has 3 rings (SSSR count). The molecule has 0 aliphatic carbocycles. The number of nitrogens with one attached hydrogen (secondary N) is 1. The predicted molar refractivity (Wildman–Crippen MR) is 111 cm³/mol. The molecule has 0 bridgehead atoms.